The molecule has 0 unspecified atom stereocenters. The summed E-state index contributed by atoms with van der Waals surface area (Å²) in [5, 5.41) is 0.824. The predicted molar refractivity (Wildman–Crippen MR) is 151 cm³/mol. The summed E-state index contributed by atoms with van der Waals surface area (Å²) in [6, 6.07) is 22.1. The highest BCUT2D eigenvalue weighted by Crippen LogP contribution is 2.36. The molecule has 5 rings (SSSR count). The second-order valence-electron chi connectivity index (χ2n) is 9.27. The predicted octanol–water partition coefficient (Wildman–Crippen LogP) is 6.50. The smallest absolute Gasteiger partial charge is 0.175 e. The number of hydrogen-bond acceptors (Lipinski definition) is 6. The molecule has 0 aliphatic rings. The summed E-state index contributed by atoms with van der Waals surface area (Å²) in [5.74, 6) is 0.660. The minimum absolute atomic E-state index is 0.0577. The molecule has 39 heavy (non-hydrogen) atoms. The van der Waals surface area contributed by atoms with Crippen molar-refractivity contribution in [1.82, 2.24) is 4.98 Å². The van der Waals surface area contributed by atoms with Gasteiger partial charge in [-0.25, -0.2) is 17.8 Å². The molecule has 2 heterocycles. The second kappa shape index (κ2) is 10.7. The van der Waals surface area contributed by atoms with Crippen LogP contribution in [0.2, 0.25) is 0 Å². The van der Waals surface area contributed by atoms with Crippen LogP contribution in [0.25, 0.3) is 39.3 Å². The fourth-order valence-corrected chi connectivity index (χ4v) is 4.90. The Morgan fingerprint density at radius 2 is 1.67 bits per heavy atom. The molecular weight excluding hydrogens is 515 g/mol. The topological polar surface area (TPSA) is 103 Å². The average molecular weight is 541 g/mol. The van der Waals surface area contributed by atoms with Gasteiger partial charge in [0.15, 0.2) is 15.6 Å². The van der Waals surface area contributed by atoms with Crippen LogP contribution in [0, 0.1) is 5.82 Å². The normalized spacial score (nSPS) is 11.8. The molecule has 8 heteroatoms. The number of nitrogens with zero attached hydrogens (tertiary/aromatic N) is 1. The lowest BCUT2D eigenvalue weighted by Crippen LogP contribution is -1.96. The number of furan rings is 1. The molecule has 0 aliphatic carbocycles. The molecule has 0 amide bonds. The van der Waals surface area contributed by atoms with E-state index in [2.05, 4.69) is 4.98 Å². The molecule has 0 aliphatic heterocycles. The zero-order valence-electron chi connectivity index (χ0n) is 21.1. The van der Waals surface area contributed by atoms with Gasteiger partial charge < -0.3 is 10.2 Å². The lowest BCUT2D eigenvalue weighted by Gasteiger charge is -2.09. The Bertz CT molecular complexity index is 1790. The number of hydrogen-bond donors (Lipinski definition) is 1. The number of carbonyl (C=O) groups is 1. The molecule has 0 radical (unpaired) electrons. The maximum absolute atomic E-state index is 13.6. The maximum atomic E-state index is 13.6. The average Bonchev–Trinajstić information content (AvgIpc) is 3.34. The molecule has 0 bridgehead atoms. The molecule has 2 aromatic heterocycles. The summed E-state index contributed by atoms with van der Waals surface area (Å²) in [6.45, 7) is 0. The number of carbonyl (C=O) groups excluding carboxylic acids is 1. The summed E-state index contributed by atoms with van der Waals surface area (Å²) in [5.41, 5.74) is 10.2. The van der Waals surface area contributed by atoms with Gasteiger partial charge in [-0.05, 0) is 89.0 Å². The van der Waals surface area contributed by atoms with Crippen molar-refractivity contribution in [2.24, 2.45) is 0 Å². The number of halogens is 1. The van der Waals surface area contributed by atoms with E-state index in [0.29, 0.717) is 23.6 Å². The number of pyridine rings is 1. The number of fused-ring (bicyclic) bond motifs is 1. The van der Waals surface area contributed by atoms with Crippen LogP contribution in [0.15, 0.2) is 100 Å². The molecule has 5 aromatic rings. The van der Waals surface area contributed by atoms with E-state index in [1.165, 1.54) is 24.5 Å². The molecule has 196 valence electrons. The Hall–Kier alpha value is -4.56. The van der Waals surface area contributed by atoms with Crippen molar-refractivity contribution in [3.63, 3.8) is 0 Å². The van der Waals surface area contributed by atoms with Gasteiger partial charge in [-0.15, -0.1) is 0 Å². The number of nitrogen functional groups attached to an aromatic ring is 1. The van der Waals surface area contributed by atoms with Crippen LogP contribution in [-0.4, -0.2) is 25.4 Å². The number of sulfone groups is 1. The number of aryl methyl sites for hydroxylation is 1. The van der Waals surface area contributed by atoms with Crippen molar-refractivity contribution < 1.29 is 22.0 Å². The van der Waals surface area contributed by atoms with Gasteiger partial charge in [0.2, 0.25) is 0 Å². The van der Waals surface area contributed by atoms with E-state index in [4.69, 9.17) is 10.2 Å². The molecule has 6 nitrogen and oxygen atoms in total. The Morgan fingerprint density at radius 3 is 2.33 bits per heavy atom. The number of rotatable bonds is 8. The number of ketones is 1. The number of aromatic nitrogens is 1. The lowest BCUT2D eigenvalue weighted by atomic mass is 9.96. The van der Waals surface area contributed by atoms with Crippen LogP contribution < -0.4 is 5.73 Å². The van der Waals surface area contributed by atoms with Crippen molar-refractivity contribution in [2.75, 3.05) is 12.0 Å². The fourth-order valence-electron chi connectivity index (χ4n) is 4.27. The molecular formula is C31H25FN2O4S. The Morgan fingerprint density at radius 1 is 0.949 bits per heavy atom. The molecule has 0 saturated carbocycles. The summed E-state index contributed by atoms with van der Waals surface area (Å²) < 4.78 is 43.6. The highest BCUT2D eigenvalue weighted by molar-refractivity contribution is 7.90. The van der Waals surface area contributed by atoms with E-state index in [0.717, 1.165) is 33.2 Å². The van der Waals surface area contributed by atoms with Gasteiger partial charge in [0.1, 0.15) is 23.0 Å². The summed E-state index contributed by atoms with van der Waals surface area (Å²) in [7, 11) is -3.31. The summed E-state index contributed by atoms with van der Waals surface area (Å²) >= 11 is 0. The van der Waals surface area contributed by atoms with E-state index in [-0.39, 0.29) is 22.9 Å². The van der Waals surface area contributed by atoms with Gasteiger partial charge in [0.25, 0.3) is 0 Å². The van der Waals surface area contributed by atoms with Crippen molar-refractivity contribution in [2.45, 2.75) is 17.7 Å². The largest absolute Gasteiger partial charge is 0.460 e. The Kier molecular flexibility index (Phi) is 7.13. The molecule has 0 atom stereocenters. The molecule has 0 saturated heterocycles. The van der Waals surface area contributed by atoms with E-state index < -0.39 is 9.84 Å². The van der Waals surface area contributed by atoms with Crippen LogP contribution in [0.4, 0.5) is 10.2 Å². The van der Waals surface area contributed by atoms with Crippen LogP contribution >= 0.6 is 0 Å². The first-order valence-corrected chi connectivity index (χ1v) is 14.1. The van der Waals surface area contributed by atoms with Gasteiger partial charge in [-0.3, -0.25) is 4.79 Å². The SMILES string of the molecule is CS(=O)(=O)c1ccc(-c2cc(-c3ccc(F)cc3)c3oc(CCC(=O)/C=C/c4ccc(N)nc4)cc3c2)cc1. The quantitative estimate of drug-likeness (QED) is 0.225. The van der Waals surface area contributed by atoms with Crippen molar-refractivity contribution >= 4 is 38.5 Å². The van der Waals surface area contributed by atoms with Crippen molar-refractivity contribution in [3.8, 4) is 22.3 Å². The minimum atomic E-state index is -3.31. The van der Waals surface area contributed by atoms with E-state index in [1.807, 2.05) is 18.2 Å². The number of benzene rings is 3. The fraction of sp³-hybridized carbons (Fsp3) is 0.0968. The van der Waals surface area contributed by atoms with Crippen LogP contribution in [-0.2, 0) is 21.1 Å². The monoisotopic (exact) mass is 540 g/mol. The third-order valence-electron chi connectivity index (χ3n) is 6.33. The first kappa shape index (κ1) is 26.1. The van der Waals surface area contributed by atoms with Crippen LogP contribution in [0.3, 0.4) is 0 Å². The van der Waals surface area contributed by atoms with E-state index in [9.17, 15) is 17.6 Å². The Labute approximate surface area is 225 Å². The molecule has 0 fully saturated rings. The summed E-state index contributed by atoms with van der Waals surface area (Å²) in [6.07, 6.45) is 6.63. The van der Waals surface area contributed by atoms with Gasteiger partial charge >= 0.3 is 0 Å². The minimum Gasteiger partial charge on any atom is -0.460 e. The zero-order chi connectivity index (χ0) is 27.6. The van der Waals surface area contributed by atoms with Crippen molar-refractivity contribution in [3.05, 3.63) is 108 Å². The van der Waals surface area contributed by atoms with Gasteiger partial charge in [0, 0.05) is 36.2 Å². The molecule has 3 aromatic carbocycles. The second-order valence-corrected chi connectivity index (χ2v) is 11.3. The first-order valence-electron chi connectivity index (χ1n) is 12.2. The molecule has 2 N–H and O–H groups in total. The van der Waals surface area contributed by atoms with Gasteiger partial charge in [-0.2, -0.15) is 0 Å². The highest BCUT2D eigenvalue weighted by atomic mass is 32.2. The molecule has 0 spiro atoms. The third kappa shape index (κ3) is 6.13. The third-order valence-corrected chi connectivity index (χ3v) is 7.46. The van der Waals surface area contributed by atoms with Gasteiger partial charge in [-0.1, -0.05) is 24.3 Å². The van der Waals surface area contributed by atoms with E-state index in [1.54, 1.807) is 60.8 Å². The van der Waals surface area contributed by atoms with E-state index >= 15 is 0 Å². The maximum Gasteiger partial charge on any atom is 0.175 e. The summed E-state index contributed by atoms with van der Waals surface area (Å²) in [4.78, 5) is 16.7. The Balaban J connectivity index is 1.45. The number of allylic oxidation sites excluding steroid dienone is 1. The van der Waals surface area contributed by atoms with Gasteiger partial charge in [0.05, 0.1) is 4.90 Å². The van der Waals surface area contributed by atoms with Crippen molar-refractivity contribution in [1.29, 1.82) is 0 Å². The lowest BCUT2D eigenvalue weighted by molar-refractivity contribution is -0.114. The standard InChI is InChI=1S/C31H25FN2O4S/c1-39(36,37)28-13-6-21(7-14-28)23-16-24-17-27(12-11-26(35)10-2-20-3-15-30(33)34-19-20)38-31(24)29(18-23)22-4-8-25(32)9-5-22/h2-10,13-19H,11-12H2,1H3,(H2,33,34)/b10-2+. The zero-order valence-corrected chi connectivity index (χ0v) is 21.9. The highest BCUT2D eigenvalue weighted by Gasteiger charge is 2.15. The van der Waals surface area contributed by atoms with Crippen LogP contribution in [0.1, 0.15) is 17.7 Å². The van der Waals surface area contributed by atoms with Crippen LogP contribution in [0.5, 0.6) is 0 Å². The number of anilines is 1. The first-order chi connectivity index (χ1) is 18.7. The number of nitrogens with two attached hydrogens (primary N) is 1.